The van der Waals surface area contributed by atoms with Crippen LogP contribution >= 0.6 is 0 Å². The van der Waals surface area contributed by atoms with Gasteiger partial charge < -0.3 is 15.4 Å². The van der Waals surface area contributed by atoms with E-state index in [9.17, 15) is 9.59 Å². The summed E-state index contributed by atoms with van der Waals surface area (Å²) in [5, 5.41) is 10.4. The second-order valence-electron chi connectivity index (χ2n) is 7.90. The van der Waals surface area contributed by atoms with Gasteiger partial charge in [-0.15, -0.1) is 0 Å². The number of aryl methyl sites for hydroxylation is 2. The summed E-state index contributed by atoms with van der Waals surface area (Å²) in [5.74, 6) is 0.492. The van der Waals surface area contributed by atoms with E-state index < -0.39 is 5.60 Å². The Labute approximate surface area is 164 Å². The van der Waals surface area contributed by atoms with Crippen molar-refractivity contribution in [2.75, 3.05) is 11.9 Å². The number of carbonyl (C=O) groups excluding carboxylic acids is 2. The molecule has 0 unspecified atom stereocenters. The highest BCUT2D eigenvalue weighted by Crippen LogP contribution is 2.38. The third-order valence-corrected chi connectivity index (χ3v) is 6.05. The van der Waals surface area contributed by atoms with Gasteiger partial charge in [0.25, 0.3) is 5.91 Å². The third-order valence-electron chi connectivity index (χ3n) is 6.05. The molecule has 148 valence electrons. The summed E-state index contributed by atoms with van der Waals surface area (Å²) < 4.78 is 8.09. The van der Waals surface area contributed by atoms with Crippen LogP contribution in [-0.2, 0) is 11.8 Å². The number of fused-ring (bicyclic) bond motifs is 1. The predicted molar refractivity (Wildman–Crippen MR) is 105 cm³/mol. The number of nitrogens with one attached hydrogen (secondary N) is 2. The van der Waals surface area contributed by atoms with Crippen LogP contribution in [0.3, 0.4) is 0 Å². The molecule has 0 bridgehead atoms. The van der Waals surface area contributed by atoms with E-state index >= 15 is 0 Å². The van der Waals surface area contributed by atoms with Crippen LogP contribution < -0.4 is 15.4 Å². The van der Waals surface area contributed by atoms with Gasteiger partial charge in [-0.2, -0.15) is 5.10 Å². The molecule has 1 fully saturated rings. The fraction of sp³-hybridized carbons (Fsp3) is 0.476. The number of amides is 2. The molecular formula is C21H26N4O3. The molecule has 1 aliphatic heterocycles. The van der Waals surface area contributed by atoms with Gasteiger partial charge in [0.1, 0.15) is 11.4 Å². The summed E-state index contributed by atoms with van der Waals surface area (Å²) in [7, 11) is 1.87. The summed E-state index contributed by atoms with van der Waals surface area (Å²) in [6.07, 6.45) is 2.90. The Morgan fingerprint density at radius 1 is 1.29 bits per heavy atom. The molecule has 0 radical (unpaired) electrons. The van der Waals surface area contributed by atoms with Crippen molar-refractivity contribution in [3.63, 3.8) is 0 Å². The lowest BCUT2D eigenvalue weighted by molar-refractivity contribution is -0.122. The van der Waals surface area contributed by atoms with Gasteiger partial charge in [-0.3, -0.25) is 14.3 Å². The summed E-state index contributed by atoms with van der Waals surface area (Å²) in [6.45, 7) is 4.32. The Hall–Kier alpha value is -2.83. The summed E-state index contributed by atoms with van der Waals surface area (Å²) in [6, 6.07) is 7.34. The molecule has 0 atom stereocenters. The van der Waals surface area contributed by atoms with Gasteiger partial charge in [0, 0.05) is 13.0 Å². The summed E-state index contributed by atoms with van der Waals surface area (Å²) >= 11 is 0. The topological polar surface area (TPSA) is 85.3 Å². The molecule has 2 amide bonds. The zero-order chi connectivity index (χ0) is 19.9. The molecule has 28 heavy (non-hydrogen) atoms. The van der Waals surface area contributed by atoms with E-state index in [1.54, 1.807) is 10.7 Å². The lowest BCUT2D eigenvalue weighted by Gasteiger charge is -2.39. The Morgan fingerprint density at radius 2 is 2.00 bits per heavy atom. The largest absolute Gasteiger partial charge is 0.485 e. The normalized spacial score (nSPS) is 24.1. The Bertz CT molecular complexity index is 926. The van der Waals surface area contributed by atoms with Gasteiger partial charge in [0.2, 0.25) is 5.91 Å². The molecule has 1 saturated carbocycles. The fourth-order valence-corrected chi connectivity index (χ4v) is 4.21. The van der Waals surface area contributed by atoms with Crippen molar-refractivity contribution in [1.82, 2.24) is 15.1 Å². The van der Waals surface area contributed by atoms with Crippen molar-refractivity contribution in [3.05, 3.63) is 41.2 Å². The van der Waals surface area contributed by atoms with Gasteiger partial charge >= 0.3 is 0 Å². The maximum absolute atomic E-state index is 12.8. The second kappa shape index (κ2) is 6.96. The minimum atomic E-state index is -0.445. The highest BCUT2D eigenvalue weighted by Gasteiger charge is 2.42. The Morgan fingerprint density at radius 3 is 2.68 bits per heavy atom. The number of anilines is 1. The first kappa shape index (κ1) is 18.5. The van der Waals surface area contributed by atoms with E-state index in [0.717, 1.165) is 42.8 Å². The highest BCUT2D eigenvalue weighted by molar-refractivity contribution is 5.97. The van der Waals surface area contributed by atoms with Crippen LogP contribution in [0.1, 0.15) is 47.4 Å². The van der Waals surface area contributed by atoms with Gasteiger partial charge in [-0.25, -0.2) is 0 Å². The van der Waals surface area contributed by atoms with E-state index in [0.29, 0.717) is 17.9 Å². The third kappa shape index (κ3) is 3.25. The molecule has 1 spiro atoms. The first-order chi connectivity index (χ1) is 13.4. The number of carbonyl (C=O) groups is 2. The molecule has 2 heterocycles. The van der Waals surface area contributed by atoms with Crippen LogP contribution in [0.5, 0.6) is 5.75 Å². The minimum absolute atomic E-state index is 0.0344. The molecule has 2 N–H and O–H groups in total. The average molecular weight is 382 g/mol. The van der Waals surface area contributed by atoms with E-state index in [1.165, 1.54) is 0 Å². The average Bonchev–Trinajstić information content (AvgIpc) is 2.85. The molecule has 1 aliphatic carbocycles. The molecule has 2 aromatic rings. The first-order valence-electron chi connectivity index (χ1n) is 9.76. The molecule has 1 aromatic carbocycles. The molecular weight excluding hydrogens is 356 g/mol. The molecule has 0 saturated heterocycles. The minimum Gasteiger partial charge on any atom is -0.485 e. The Balaban J connectivity index is 1.44. The van der Waals surface area contributed by atoms with Crippen LogP contribution in [0.2, 0.25) is 0 Å². The number of hydrogen-bond donors (Lipinski definition) is 2. The summed E-state index contributed by atoms with van der Waals surface area (Å²) in [5.41, 5.74) is 2.71. The monoisotopic (exact) mass is 382 g/mol. The second-order valence-corrected chi connectivity index (χ2v) is 7.90. The first-order valence-corrected chi connectivity index (χ1v) is 9.76. The highest BCUT2D eigenvalue weighted by atomic mass is 16.5. The quantitative estimate of drug-likeness (QED) is 0.836. The number of nitrogens with zero attached hydrogens (tertiary/aromatic N) is 2. The molecule has 4 rings (SSSR count). The van der Waals surface area contributed by atoms with Crippen LogP contribution in [-0.4, -0.2) is 33.7 Å². The van der Waals surface area contributed by atoms with Crippen LogP contribution in [0.25, 0.3) is 0 Å². The molecule has 7 nitrogen and oxygen atoms in total. The maximum atomic E-state index is 12.8. The van der Waals surface area contributed by atoms with Gasteiger partial charge in [0.15, 0.2) is 0 Å². The van der Waals surface area contributed by atoms with Crippen molar-refractivity contribution in [3.8, 4) is 5.75 Å². The standard InChI is InChI=1S/C21H26N4O3/c1-13-18(14(2)25(3)24-13)23-19(26)15-8-10-21(11-9-15)12-22-20(27)16-6-4-5-7-17(16)28-21/h4-7,15H,8-12H2,1-3H3,(H,22,27)(H,23,26). The van der Waals surface area contributed by atoms with Crippen molar-refractivity contribution >= 4 is 17.5 Å². The van der Waals surface area contributed by atoms with Gasteiger partial charge in [-0.05, 0) is 51.7 Å². The number of benzene rings is 1. The van der Waals surface area contributed by atoms with Crippen LogP contribution in [0.4, 0.5) is 5.69 Å². The Kier molecular flexibility index (Phi) is 4.61. The smallest absolute Gasteiger partial charge is 0.255 e. The molecule has 2 aliphatic rings. The van der Waals surface area contributed by atoms with E-state index in [2.05, 4.69) is 15.7 Å². The predicted octanol–water partition coefficient (Wildman–Crippen LogP) is 2.73. The number of hydrogen-bond acceptors (Lipinski definition) is 4. The van der Waals surface area contributed by atoms with Crippen molar-refractivity contribution < 1.29 is 14.3 Å². The van der Waals surface area contributed by atoms with Gasteiger partial charge in [-0.1, -0.05) is 12.1 Å². The maximum Gasteiger partial charge on any atom is 0.255 e. The fourth-order valence-electron chi connectivity index (χ4n) is 4.21. The summed E-state index contributed by atoms with van der Waals surface area (Å²) in [4.78, 5) is 25.1. The van der Waals surface area contributed by atoms with Gasteiger partial charge in [0.05, 0.1) is 29.2 Å². The van der Waals surface area contributed by atoms with E-state index in [-0.39, 0.29) is 17.7 Å². The van der Waals surface area contributed by atoms with E-state index in [4.69, 9.17) is 4.74 Å². The van der Waals surface area contributed by atoms with Crippen molar-refractivity contribution in [1.29, 1.82) is 0 Å². The number of para-hydroxylation sites is 1. The van der Waals surface area contributed by atoms with Crippen LogP contribution in [0, 0.1) is 19.8 Å². The SMILES string of the molecule is Cc1nn(C)c(C)c1NC(=O)C1CCC2(CC1)CNC(=O)c1ccccc1O2. The molecule has 7 heteroatoms. The van der Waals surface area contributed by atoms with Crippen LogP contribution in [0.15, 0.2) is 24.3 Å². The van der Waals surface area contributed by atoms with Crippen molar-refractivity contribution in [2.24, 2.45) is 13.0 Å². The lowest BCUT2D eigenvalue weighted by Crippen LogP contribution is -2.48. The number of rotatable bonds is 2. The van der Waals surface area contributed by atoms with Crippen molar-refractivity contribution in [2.45, 2.75) is 45.1 Å². The number of ether oxygens (including phenoxy) is 1. The number of aromatic nitrogens is 2. The lowest BCUT2D eigenvalue weighted by atomic mass is 9.78. The zero-order valence-electron chi connectivity index (χ0n) is 16.5. The van der Waals surface area contributed by atoms with E-state index in [1.807, 2.05) is 39.1 Å². The molecule has 1 aromatic heterocycles. The zero-order valence-corrected chi connectivity index (χ0v) is 16.5.